The van der Waals surface area contributed by atoms with Crippen LogP contribution in [0.2, 0.25) is 0 Å². The first-order chi connectivity index (χ1) is 16.6. The fraction of sp³-hybridized carbons (Fsp3) is 0.923. The van der Waals surface area contributed by atoms with E-state index in [1.165, 1.54) is 13.8 Å². The molecule has 9 atom stereocenters. The molecule has 9 nitrogen and oxygen atoms in total. The van der Waals surface area contributed by atoms with Gasteiger partial charge in [-0.05, 0) is 69.1 Å². The molecule has 1 saturated heterocycles. The number of methoxy groups -OCH3 is 1. The summed E-state index contributed by atoms with van der Waals surface area (Å²) in [5.74, 6) is 0.398. The number of quaternary nitrogens is 1. The Bertz CT molecular complexity index is 649. The van der Waals surface area contributed by atoms with Crippen molar-refractivity contribution in [2.75, 3.05) is 13.7 Å². The van der Waals surface area contributed by atoms with Gasteiger partial charge >= 0.3 is 11.9 Å². The van der Waals surface area contributed by atoms with Crippen LogP contribution in [-0.2, 0) is 23.8 Å². The zero-order chi connectivity index (χ0) is 26.0. The molecule has 1 aliphatic carbocycles. The van der Waals surface area contributed by atoms with Gasteiger partial charge < -0.3 is 29.7 Å². The summed E-state index contributed by atoms with van der Waals surface area (Å²) in [5, 5.41) is 22.8. The number of nitrogens with two attached hydrogens (primary N) is 2. The Kier molecular flexibility index (Phi) is 12.9. The molecule has 1 saturated carbocycles. The Morgan fingerprint density at radius 3 is 2.29 bits per heavy atom. The first-order valence-electron chi connectivity index (χ1n) is 13.4. The van der Waals surface area contributed by atoms with Gasteiger partial charge in [0.25, 0.3) is 0 Å². The topological polar surface area (TPSA) is 145 Å². The predicted octanol–water partition coefficient (Wildman–Crippen LogP) is 1.23. The van der Waals surface area contributed by atoms with E-state index < -0.39 is 18.3 Å². The van der Waals surface area contributed by atoms with Gasteiger partial charge in [-0.2, -0.15) is 0 Å². The van der Waals surface area contributed by atoms with Crippen LogP contribution in [0.25, 0.3) is 0 Å². The van der Waals surface area contributed by atoms with Crippen LogP contribution >= 0.6 is 0 Å². The number of ether oxygens (including phenoxy) is 3. The normalized spacial score (nSPS) is 31.9. The van der Waals surface area contributed by atoms with Crippen LogP contribution in [0.1, 0.15) is 85.0 Å². The lowest BCUT2D eigenvalue weighted by Gasteiger charge is -2.44. The Morgan fingerprint density at radius 1 is 1.06 bits per heavy atom. The highest BCUT2D eigenvalue weighted by Gasteiger charge is 2.42. The number of carbonyl (C=O) groups is 2. The maximum absolute atomic E-state index is 11.9. The molecular weight excluding hydrogens is 452 g/mol. The van der Waals surface area contributed by atoms with E-state index in [1.807, 2.05) is 6.92 Å². The van der Waals surface area contributed by atoms with Gasteiger partial charge in [0, 0.05) is 33.8 Å². The summed E-state index contributed by atoms with van der Waals surface area (Å²) in [4.78, 5) is 23.5. The fourth-order valence-electron chi connectivity index (χ4n) is 6.09. The van der Waals surface area contributed by atoms with E-state index in [2.05, 4.69) is 5.32 Å². The summed E-state index contributed by atoms with van der Waals surface area (Å²) in [6, 6.07) is 0. The number of aliphatic hydroxyl groups excluding tert-OH is 2. The van der Waals surface area contributed by atoms with E-state index in [4.69, 9.17) is 19.9 Å². The van der Waals surface area contributed by atoms with Crippen molar-refractivity contribution in [2.24, 2.45) is 23.5 Å². The second kappa shape index (κ2) is 15.1. The molecule has 0 spiro atoms. The molecule has 1 heterocycles. The molecule has 0 amide bonds. The maximum Gasteiger partial charge on any atom is 0.302 e. The largest absolute Gasteiger partial charge is 0.462 e. The third-order valence-electron chi connectivity index (χ3n) is 7.92. The third-order valence-corrected chi connectivity index (χ3v) is 7.92. The molecule has 0 radical (unpaired) electrons. The smallest absolute Gasteiger partial charge is 0.302 e. The second-order valence-corrected chi connectivity index (χ2v) is 10.6. The van der Waals surface area contributed by atoms with E-state index in [-0.39, 0.29) is 30.3 Å². The molecule has 6 N–H and O–H groups in total. The van der Waals surface area contributed by atoms with E-state index in [9.17, 15) is 19.8 Å². The molecule has 35 heavy (non-hydrogen) atoms. The number of carbonyl (C=O) groups excluding carboxylic acids is 2. The van der Waals surface area contributed by atoms with Crippen LogP contribution in [-0.4, -0.2) is 72.5 Å². The first kappa shape index (κ1) is 30.0. The predicted molar refractivity (Wildman–Crippen MR) is 131 cm³/mol. The molecule has 6 unspecified atom stereocenters. The molecule has 9 heteroatoms. The van der Waals surface area contributed by atoms with Gasteiger partial charge in [0.2, 0.25) is 0 Å². The van der Waals surface area contributed by atoms with Crippen molar-refractivity contribution < 1.29 is 39.3 Å². The zero-order valence-electron chi connectivity index (χ0n) is 22.1. The van der Waals surface area contributed by atoms with Crippen molar-refractivity contribution in [3.8, 4) is 0 Å². The van der Waals surface area contributed by atoms with Crippen LogP contribution in [0.5, 0.6) is 0 Å². The zero-order valence-corrected chi connectivity index (χ0v) is 22.1. The average Bonchev–Trinajstić information content (AvgIpc) is 2.80. The van der Waals surface area contributed by atoms with Crippen molar-refractivity contribution in [3.05, 3.63) is 0 Å². The summed E-state index contributed by atoms with van der Waals surface area (Å²) in [7, 11) is 1.65. The molecule has 2 rings (SSSR count). The molecule has 2 fully saturated rings. The highest BCUT2D eigenvalue weighted by atomic mass is 16.6. The monoisotopic (exact) mass is 501 g/mol. The van der Waals surface area contributed by atoms with Gasteiger partial charge in [-0.1, -0.05) is 6.92 Å². The van der Waals surface area contributed by atoms with Crippen LogP contribution < -0.4 is 11.1 Å². The lowest BCUT2D eigenvalue weighted by molar-refractivity contribution is -0.699. The van der Waals surface area contributed by atoms with Crippen molar-refractivity contribution in [3.63, 3.8) is 0 Å². The number of rotatable bonds is 13. The summed E-state index contributed by atoms with van der Waals surface area (Å²) in [6.07, 6.45) is 5.23. The first-order valence-corrected chi connectivity index (χ1v) is 13.4. The minimum Gasteiger partial charge on any atom is -0.462 e. The Labute approximate surface area is 210 Å². The van der Waals surface area contributed by atoms with Gasteiger partial charge in [0.1, 0.15) is 18.4 Å². The Balaban J connectivity index is 2.08. The van der Waals surface area contributed by atoms with Gasteiger partial charge in [-0.15, -0.1) is 0 Å². The Morgan fingerprint density at radius 2 is 1.71 bits per heavy atom. The molecule has 0 bridgehead atoms. The number of esters is 2. The van der Waals surface area contributed by atoms with Crippen molar-refractivity contribution >= 4 is 11.9 Å². The molecule has 2 aliphatic rings. The minimum absolute atomic E-state index is 0.100. The highest BCUT2D eigenvalue weighted by molar-refractivity contribution is 5.66. The highest BCUT2D eigenvalue weighted by Crippen LogP contribution is 2.42. The lowest BCUT2D eigenvalue weighted by atomic mass is 9.66. The van der Waals surface area contributed by atoms with Gasteiger partial charge in [0.15, 0.2) is 0 Å². The number of hydrogen-bond acceptors (Lipinski definition) is 8. The molecular formula is C26H49N2O7+. The van der Waals surface area contributed by atoms with Crippen molar-refractivity contribution in [1.29, 1.82) is 0 Å². The SMILES string of the molecule is CC[C@H](O)CC[C@@H](C[C@@H](CCC1CC(OC)C(O)CC1C1CC[NH2+]C(N)C1)OC(C)=O)OC(C)=O. The maximum atomic E-state index is 11.9. The number of aliphatic hydroxyl groups is 2. The molecule has 0 aromatic heterocycles. The molecule has 1 aliphatic heterocycles. The number of hydrogen-bond donors (Lipinski definition) is 4. The van der Waals surface area contributed by atoms with Crippen LogP contribution in [0.15, 0.2) is 0 Å². The summed E-state index contributed by atoms with van der Waals surface area (Å²) in [5.41, 5.74) is 6.24. The fourth-order valence-corrected chi connectivity index (χ4v) is 6.09. The minimum atomic E-state index is -0.481. The van der Waals surface area contributed by atoms with Gasteiger partial charge in [0.05, 0.1) is 24.9 Å². The lowest BCUT2D eigenvalue weighted by Crippen LogP contribution is -2.94. The van der Waals surface area contributed by atoms with E-state index in [0.29, 0.717) is 56.3 Å². The third kappa shape index (κ3) is 10.3. The van der Waals surface area contributed by atoms with Crippen LogP contribution in [0.4, 0.5) is 0 Å². The average molecular weight is 502 g/mol. The van der Waals surface area contributed by atoms with Crippen LogP contribution in [0, 0.1) is 17.8 Å². The number of piperidine rings is 1. The second-order valence-electron chi connectivity index (χ2n) is 10.6. The van der Waals surface area contributed by atoms with Gasteiger partial charge in [-0.3, -0.25) is 15.3 Å². The van der Waals surface area contributed by atoms with Gasteiger partial charge in [-0.25, -0.2) is 0 Å². The van der Waals surface area contributed by atoms with E-state index in [0.717, 1.165) is 32.2 Å². The summed E-state index contributed by atoms with van der Waals surface area (Å²) >= 11 is 0. The van der Waals surface area contributed by atoms with E-state index >= 15 is 0 Å². The Hall–Kier alpha value is -1.26. The summed E-state index contributed by atoms with van der Waals surface area (Å²) in [6.45, 7) is 5.69. The molecule has 0 aromatic carbocycles. The summed E-state index contributed by atoms with van der Waals surface area (Å²) < 4.78 is 16.8. The standard InChI is InChI=1S/C26H48N2O7/c1-5-20(31)7-9-22(35-17(3)30)14-21(34-16(2)29)8-6-18-12-25(33-4)24(32)15-23(18)19-10-11-28-26(27)13-19/h18-26,28,31-32H,5-15,27H2,1-4H3/p+1/t18?,19?,20-,21+,22-,23?,24?,25?,26?/m0/s1. The van der Waals surface area contributed by atoms with Crippen molar-refractivity contribution in [1.82, 2.24) is 0 Å². The quantitative estimate of drug-likeness (QED) is 0.276. The molecule has 0 aromatic rings. The molecule has 204 valence electrons. The van der Waals surface area contributed by atoms with Crippen molar-refractivity contribution in [2.45, 2.75) is 122 Å². The van der Waals surface area contributed by atoms with Crippen LogP contribution in [0.3, 0.4) is 0 Å². The van der Waals surface area contributed by atoms with E-state index in [1.54, 1.807) is 7.11 Å².